The summed E-state index contributed by atoms with van der Waals surface area (Å²) in [6, 6.07) is 8.31. The molecule has 2 aromatic rings. The predicted molar refractivity (Wildman–Crippen MR) is 74.0 cm³/mol. The molecular formula is C14H16ClN3O. The Labute approximate surface area is 117 Å². The van der Waals surface area contributed by atoms with Crippen LogP contribution in [0.2, 0.25) is 5.02 Å². The fourth-order valence-corrected chi connectivity index (χ4v) is 2.77. The molecule has 100 valence electrons. The van der Waals surface area contributed by atoms with Gasteiger partial charge in [-0.15, -0.1) is 0 Å². The number of hydrogen-bond acceptors (Lipinski definition) is 4. The van der Waals surface area contributed by atoms with E-state index in [0.717, 1.165) is 36.9 Å². The summed E-state index contributed by atoms with van der Waals surface area (Å²) in [4.78, 5) is 6.58. The van der Waals surface area contributed by atoms with E-state index in [2.05, 4.69) is 21.3 Å². The largest absolute Gasteiger partial charge is 0.451 e. The van der Waals surface area contributed by atoms with Crippen molar-refractivity contribution in [2.24, 2.45) is 0 Å². The Hall–Kier alpha value is -1.36. The fourth-order valence-electron chi connectivity index (χ4n) is 2.51. The van der Waals surface area contributed by atoms with Crippen molar-refractivity contribution in [3.05, 3.63) is 53.2 Å². The summed E-state index contributed by atoms with van der Waals surface area (Å²) >= 11 is 6.32. The Balaban J connectivity index is 1.83. The highest BCUT2D eigenvalue weighted by atomic mass is 35.5. The monoisotopic (exact) mass is 277 g/mol. The Morgan fingerprint density at radius 2 is 2.32 bits per heavy atom. The van der Waals surface area contributed by atoms with E-state index in [1.807, 2.05) is 18.2 Å². The number of oxazole rings is 1. The van der Waals surface area contributed by atoms with Gasteiger partial charge in [0.05, 0.1) is 5.69 Å². The number of halogens is 1. The van der Waals surface area contributed by atoms with Gasteiger partial charge in [0, 0.05) is 37.2 Å². The number of nitrogens with zero attached hydrogens (tertiary/aromatic N) is 2. The maximum absolute atomic E-state index is 6.32. The lowest BCUT2D eigenvalue weighted by Gasteiger charge is -2.36. The highest BCUT2D eigenvalue weighted by Gasteiger charge is 2.25. The molecular weight excluding hydrogens is 262 g/mol. The lowest BCUT2D eigenvalue weighted by atomic mass is 10.0. The molecule has 1 aromatic heterocycles. The second-order valence-electron chi connectivity index (χ2n) is 4.69. The molecule has 0 radical (unpaired) electrons. The molecule has 1 fully saturated rings. The van der Waals surface area contributed by atoms with Crippen LogP contribution in [0.3, 0.4) is 0 Å². The highest BCUT2D eigenvalue weighted by Crippen LogP contribution is 2.29. The minimum absolute atomic E-state index is 0.277. The summed E-state index contributed by atoms with van der Waals surface area (Å²) in [5, 5.41) is 4.25. The Morgan fingerprint density at radius 3 is 3.11 bits per heavy atom. The van der Waals surface area contributed by atoms with E-state index in [1.54, 1.807) is 6.26 Å². The van der Waals surface area contributed by atoms with Crippen molar-refractivity contribution in [2.45, 2.75) is 12.6 Å². The van der Waals surface area contributed by atoms with E-state index >= 15 is 0 Å². The second kappa shape index (κ2) is 5.74. The van der Waals surface area contributed by atoms with Crippen molar-refractivity contribution in [1.29, 1.82) is 0 Å². The van der Waals surface area contributed by atoms with Crippen LogP contribution < -0.4 is 5.32 Å². The minimum Gasteiger partial charge on any atom is -0.451 e. The van der Waals surface area contributed by atoms with Crippen LogP contribution in [0.25, 0.3) is 0 Å². The van der Waals surface area contributed by atoms with Crippen LogP contribution in [-0.4, -0.2) is 29.5 Å². The topological polar surface area (TPSA) is 41.3 Å². The third-order valence-corrected chi connectivity index (χ3v) is 3.81. The molecule has 4 nitrogen and oxygen atoms in total. The lowest BCUT2D eigenvalue weighted by Crippen LogP contribution is -2.45. The number of nitrogens with one attached hydrogen (secondary N) is 1. The van der Waals surface area contributed by atoms with Crippen molar-refractivity contribution in [3.8, 4) is 0 Å². The molecule has 19 heavy (non-hydrogen) atoms. The predicted octanol–water partition coefficient (Wildman–Crippen LogP) is 2.47. The van der Waals surface area contributed by atoms with Gasteiger partial charge >= 0.3 is 0 Å². The smallest absolute Gasteiger partial charge is 0.180 e. The van der Waals surface area contributed by atoms with Crippen molar-refractivity contribution in [3.63, 3.8) is 0 Å². The average Bonchev–Trinajstić information content (AvgIpc) is 2.93. The summed E-state index contributed by atoms with van der Waals surface area (Å²) in [5.74, 6) is 0. The van der Waals surface area contributed by atoms with E-state index in [4.69, 9.17) is 16.0 Å². The van der Waals surface area contributed by atoms with Gasteiger partial charge in [-0.3, -0.25) is 4.90 Å². The molecule has 1 aliphatic heterocycles. The summed E-state index contributed by atoms with van der Waals surface area (Å²) < 4.78 is 5.04. The van der Waals surface area contributed by atoms with Gasteiger partial charge in [-0.1, -0.05) is 29.8 Å². The minimum atomic E-state index is 0.277. The Morgan fingerprint density at radius 1 is 1.42 bits per heavy atom. The average molecular weight is 278 g/mol. The first-order valence-corrected chi connectivity index (χ1v) is 6.78. The molecule has 1 atom stereocenters. The quantitative estimate of drug-likeness (QED) is 0.936. The highest BCUT2D eigenvalue weighted by molar-refractivity contribution is 6.31. The van der Waals surface area contributed by atoms with Gasteiger partial charge in [0.1, 0.15) is 6.26 Å². The molecule has 1 saturated heterocycles. The van der Waals surface area contributed by atoms with Crippen LogP contribution in [-0.2, 0) is 6.54 Å². The van der Waals surface area contributed by atoms with Gasteiger partial charge in [-0.2, -0.15) is 0 Å². The molecule has 1 aromatic carbocycles. The molecule has 0 spiro atoms. The van der Waals surface area contributed by atoms with Gasteiger partial charge < -0.3 is 9.73 Å². The third-order valence-electron chi connectivity index (χ3n) is 3.47. The molecule has 0 bridgehead atoms. The molecule has 5 heteroatoms. The molecule has 0 saturated carbocycles. The molecule has 0 amide bonds. The molecule has 0 aliphatic carbocycles. The van der Waals surface area contributed by atoms with Crippen LogP contribution in [0.4, 0.5) is 0 Å². The van der Waals surface area contributed by atoms with Crippen molar-refractivity contribution >= 4 is 11.6 Å². The van der Waals surface area contributed by atoms with E-state index in [9.17, 15) is 0 Å². The molecule has 1 unspecified atom stereocenters. The number of benzene rings is 1. The molecule has 1 aliphatic rings. The summed E-state index contributed by atoms with van der Waals surface area (Å²) in [7, 11) is 0. The molecule has 2 heterocycles. The van der Waals surface area contributed by atoms with E-state index in [0.29, 0.717) is 0 Å². The van der Waals surface area contributed by atoms with Gasteiger partial charge in [-0.25, -0.2) is 4.98 Å². The zero-order valence-corrected chi connectivity index (χ0v) is 11.3. The standard InChI is InChI=1S/C14H16ClN3O/c15-13-4-2-1-3-12(13)14-7-16-5-6-18(14)8-11-9-19-10-17-11/h1-4,9-10,14,16H,5-8H2. The van der Waals surface area contributed by atoms with Gasteiger partial charge in [0.25, 0.3) is 0 Å². The fraction of sp³-hybridized carbons (Fsp3) is 0.357. The van der Waals surface area contributed by atoms with Crippen LogP contribution in [0.5, 0.6) is 0 Å². The van der Waals surface area contributed by atoms with Crippen LogP contribution >= 0.6 is 11.6 Å². The first-order valence-electron chi connectivity index (χ1n) is 6.41. The van der Waals surface area contributed by atoms with Gasteiger partial charge in [-0.05, 0) is 11.6 Å². The van der Waals surface area contributed by atoms with Gasteiger partial charge in [0.2, 0.25) is 0 Å². The zero-order chi connectivity index (χ0) is 13.1. The molecule has 3 rings (SSSR count). The summed E-state index contributed by atoms with van der Waals surface area (Å²) in [6.45, 7) is 3.65. The SMILES string of the molecule is Clc1ccccc1C1CNCCN1Cc1cocn1. The van der Waals surface area contributed by atoms with Gasteiger partial charge in [0.15, 0.2) is 6.39 Å². The maximum Gasteiger partial charge on any atom is 0.180 e. The van der Waals surface area contributed by atoms with E-state index in [1.165, 1.54) is 12.0 Å². The normalized spacial score (nSPS) is 20.6. The van der Waals surface area contributed by atoms with Crippen LogP contribution in [0.15, 0.2) is 41.3 Å². The third kappa shape index (κ3) is 2.81. The summed E-state index contributed by atoms with van der Waals surface area (Å²) in [6.07, 6.45) is 3.17. The number of hydrogen-bond donors (Lipinski definition) is 1. The molecule has 1 N–H and O–H groups in total. The van der Waals surface area contributed by atoms with E-state index < -0.39 is 0 Å². The van der Waals surface area contributed by atoms with E-state index in [-0.39, 0.29) is 6.04 Å². The first-order chi connectivity index (χ1) is 9.34. The van der Waals surface area contributed by atoms with Crippen LogP contribution in [0, 0.1) is 0 Å². The summed E-state index contributed by atoms with van der Waals surface area (Å²) in [5.41, 5.74) is 2.12. The Kier molecular flexibility index (Phi) is 3.82. The second-order valence-corrected chi connectivity index (χ2v) is 5.10. The zero-order valence-electron chi connectivity index (χ0n) is 10.6. The number of rotatable bonds is 3. The van der Waals surface area contributed by atoms with Crippen molar-refractivity contribution < 1.29 is 4.42 Å². The Bertz CT molecular complexity index is 529. The number of aromatic nitrogens is 1. The maximum atomic E-state index is 6.32. The number of piperazine rings is 1. The van der Waals surface area contributed by atoms with Crippen LogP contribution in [0.1, 0.15) is 17.3 Å². The first kappa shape index (κ1) is 12.7. The van der Waals surface area contributed by atoms with Crippen molar-refractivity contribution in [1.82, 2.24) is 15.2 Å². The van der Waals surface area contributed by atoms with Crippen molar-refractivity contribution in [2.75, 3.05) is 19.6 Å². The lowest BCUT2D eigenvalue weighted by molar-refractivity contribution is 0.152.